The van der Waals surface area contributed by atoms with Crippen LogP contribution in [0.25, 0.3) is 0 Å². The first-order valence-corrected chi connectivity index (χ1v) is 7.52. The topological polar surface area (TPSA) is 79.6 Å². The summed E-state index contributed by atoms with van der Waals surface area (Å²) in [6.45, 7) is 0.772. The SMILES string of the molecule is CN=C(NCCc1ccccc1F)NCc1ccccc1[N+](=O)[O-].I. The number of aliphatic imine (C=N–C) groups is 1. The van der Waals surface area contributed by atoms with Gasteiger partial charge in [0, 0.05) is 31.8 Å². The maximum absolute atomic E-state index is 13.5. The second kappa shape index (κ2) is 10.6. The monoisotopic (exact) mass is 458 g/mol. The number of rotatable bonds is 6. The molecule has 0 fully saturated rings. The fourth-order valence-electron chi connectivity index (χ4n) is 2.25. The van der Waals surface area contributed by atoms with E-state index >= 15 is 0 Å². The van der Waals surface area contributed by atoms with Crippen LogP contribution in [-0.4, -0.2) is 24.5 Å². The Kier molecular flexibility index (Phi) is 8.82. The van der Waals surface area contributed by atoms with Gasteiger partial charge in [-0.05, 0) is 18.1 Å². The van der Waals surface area contributed by atoms with Gasteiger partial charge in [-0.15, -0.1) is 24.0 Å². The Balaban J connectivity index is 0.00000312. The Hall–Kier alpha value is -2.23. The molecule has 6 nitrogen and oxygen atoms in total. The van der Waals surface area contributed by atoms with Crippen molar-refractivity contribution >= 4 is 35.6 Å². The third kappa shape index (κ3) is 6.29. The van der Waals surface area contributed by atoms with Crippen LogP contribution >= 0.6 is 24.0 Å². The number of benzene rings is 2. The summed E-state index contributed by atoms with van der Waals surface area (Å²) in [5.74, 6) is 0.270. The molecule has 0 bridgehead atoms. The first-order chi connectivity index (χ1) is 11.6. The van der Waals surface area contributed by atoms with Crippen molar-refractivity contribution in [1.29, 1.82) is 0 Å². The van der Waals surface area contributed by atoms with Crippen molar-refractivity contribution in [3.05, 3.63) is 75.6 Å². The van der Waals surface area contributed by atoms with Gasteiger partial charge < -0.3 is 10.6 Å². The van der Waals surface area contributed by atoms with Crippen molar-refractivity contribution in [2.75, 3.05) is 13.6 Å². The first kappa shape index (κ1) is 20.8. The zero-order valence-electron chi connectivity index (χ0n) is 13.7. The summed E-state index contributed by atoms with van der Waals surface area (Å²) in [6, 6.07) is 13.1. The number of nitrogens with one attached hydrogen (secondary N) is 2. The van der Waals surface area contributed by atoms with Gasteiger partial charge in [-0.25, -0.2) is 4.39 Å². The molecular formula is C17H20FIN4O2. The van der Waals surface area contributed by atoms with Crippen LogP contribution in [0.4, 0.5) is 10.1 Å². The van der Waals surface area contributed by atoms with E-state index in [0.717, 1.165) is 0 Å². The highest BCUT2D eigenvalue weighted by molar-refractivity contribution is 14.0. The van der Waals surface area contributed by atoms with E-state index in [1.54, 1.807) is 43.4 Å². The third-order valence-corrected chi connectivity index (χ3v) is 3.50. The van der Waals surface area contributed by atoms with Gasteiger partial charge in [0.05, 0.1) is 4.92 Å². The molecule has 2 aromatic rings. The fraction of sp³-hybridized carbons (Fsp3) is 0.235. The van der Waals surface area contributed by atoms with E-state index in [4.69, 9.17) is 0 Å². The number of nitrogens with zero attached hydrogens (tertiary/aromatic N) is 2. The largest absolute Gasteiger partial charge is 0.356 e. The molecule has 0 aliphatic carbocycles. The van der Waals surface area contributed by atoms with Gasteiger partial charge in [0.1, 0.15) is 5.82 Å². The summed E-state index contributed by atoms with van der Waals surface area (Å²) in [6.07, 6.45) is 0.513. The predicted octanol–water partition coefficient (Wildman–Crippen LogP) is 3.26. The van der Waals surface area contributed by atoms with Crippen molar-refractivity contribution < 1.29 is 9.31 Å². The Morgan fingerprint density at radius 2 is 1.76 bits per heavy atom. The van der Waals surface area contributed by atoms with Crippen molar-refractivity contribution in [3.8, 4) is 0 Å². The molecule has 134 valence electrons. The summed E-state index contributed by atoms with van der Waals surface area (Å²) in [5.41, 5.74) is 1.26. The van der Waals surface area contributed by atoms with Gasteiger partial charge in [0.25, 0.3) is 5.69 Å². The minimum atomic E-state index is -0.411. The van der Waals surface area contributed by atoms with E-state index in [2.05, 4.69) is 15.6 Å². The van der Waals surface area contributed by atoms with E-state index in [1.807, 2.05) is 0 Å². The minimum absolute atomic E-state index is 0. The lowest BCUT2D eigenvalue weighted by atomic mass is 10.1. The molecule has 0 unspecified atom stereocenters. The summed E-state index contributed by atoms with van der Waals surface area (Å²) < 4.78 is 13.5. The van der Waals surface area contributed by atoms with Gasteiger partial charge in [-0.3, -0.25) is 15.1 Å². The lowest BCUT2D eigenvalue weighted by molar-refractivity contribution is -0.385. The molecule has 0 amide bonds. The van der Waals surface area contributed by atoms with E-state index < -0.39 is 4.92 Å². The van der Waals surface area contributed by atoms with Crippen LogP contribution in [0.2, 0.25) is 0 Å². The molecule has 2 N–H and O–H groups in total. The second-order valence-electron chi connectivity index (χ2n) is 5.08. The molecule has 0 atom stereocenters. The molecule has 2 rings (SSSR count). The van der Waals surface area contributed by atoms with E-state index in [-0.39, 0.29) is 42.0 Å². The zero-order chi connectivity index (χ0) is 17.4. The normalized spacial score (nSPS) is 10.7. The van der Waals surface area contributed by atoms with E-state index in [9.17, 15) is 14.5 Å². The molecule has 0 spiro atoms. The molecule has 0 aliphatic rings. The van der Waals surface area contributed by atoms with Crippen LogP contribution in [0.3, 0.4) is 0 Å². The maximum atomic E-state index is 13.5. The lowest BCUT2D eigenvalue weighted by Crippen LogP contribution is -2.38. The molecule has 0 saturated carbocycles. The average Bonchev–Trinajstić information content (AvgIpc) is 2.59. The van der Waals surface area contributed by atoms with Crippen LogP contribution in [0, 0.1) is 15.9 Å². The molecule has 0 aromatic heterocycles. The highest BCUT2D eigenvalue weighted by Crippen LogP contribution is 2.16. The zero-order valence-corrected chi connectivity index (χ0v) is 16.1. The minimum Gasteiger partial charge on any atom is -0.356 e. The second-order valence-corrected chi connectivity index (χ2v) is 5.08. The Labute approximate surface area is 162 Å². The summed E-state index contributed by atoms with van der Waals surface area (Å²) in [7, 11) is 1.61. The van der Waals surface area contributed by atoms with Gasteiger partial charge in [0.15, 0.2) is 5.96 Å². The maximum Gasteiger partial charge on any atom is 0.274 e. The molecule has 0 radical (unpaired) electrons. The Bertz CT molecular complexity index is 740. The number of nitro groups is 1. The quantitative estimate of drug-likeness (QED) is 0.229. The third-order valence-electron chi connectivity index (χ3n) is 3.50. The Morgan fingerprint density at radius 1 is 1.12 bits per heavy atom. The van der Waals surface area contributed by atoms with Crippen molar-refractivity contribution in [2.24, 2.45) is 4.99 Å². The first-order valence-electron chi connectivity index (χ1n) is 7.52. The molecular weight excluding hydrogens is 438 g/mol. The molecule has 8 heteroatoms. The van der Waals surface area contributed by atoms with Crippen LogP contribution in [0.1, 0.15) is 11.1 Å². The number of para-hydroxylation sites is 1. The number of hydrogen-bond acceptors (Lipinski definition) is 3. The van der Waals surface area contributed by atoms with Gasteiger partial charge >= 0.3 is 0 Å². The van der Waals surface area contributed by atoms with Crippen LogP contribution < -0.4 is 10.6 Å². The number of hydrogen-bond donors (Lipinski definition) is 2. The van der Waals surface area contributed by atoms with Crippen LogP contribution in [-0.2, 0) is 13.0 Å². The summed E-state index contributed by atoms with van der Waals surface area (Å²) >= 11 is 0. The van der Waals surface area contributed by atoms with Crippen LogP contribution in [0.5, 0.6) is 0 Å². The molecule has 25 heavy (non-hydrogen) atoms. The van der Waals surface area contributed by atoms with Gasteiger partial charge in [-0.1, -0.05) is 36.4 Å². The van der Waals surface area contributed by atoms with Crippen molar-refractivity contribution in [2.45, 2.75) is 13.0 Å². The van der Waals surface area contributed by atoms with Gasteiger partial charge in [-0.2, -0.15) is 0 Å². The van der Waals surface area contributed by atoms with Crippen molar-refractivity contribution in [3.63, 3.8) is 0 Å². The number of guanidine groups is 1. The smallest absolute Gasteiger partial charge is 0.274 e. The number of nitro benzene ring substituents is 1. The summed E-state index contributed by atoms with van der Waals surface area (Å²) in [4.78, 5) is 14.6. The fourth-order valence-corrected chi connectivity index (χ4v) is 2.25. The summed E-state index contributed by atoms with van der Waals surface area (Å²) in [5, 5.41) is 17.1. The average molecular weight is 458 g/mol. The standard InChI is InChI=1S/C17H19FN4O2.HI/c1-19-17(20-11-10-13-6-2-4-8-15(13)18)21-12-14-7-3-5-9-16(14)22(23)24;/h2-9H,10-12H2,1H3,(H2,19,20,21);1H. The van der Waals surface area contributed by atoms with Crippen molar-refractivity contribution in [1.82, 2.24) is 10.6 Å². The van der Waals surface area contributed by atoms with Gasteiger partial charge in [0.2, 0.25) is 0 Å². The molecule has 0 saturated heterocycles. The number of halogens is 2. The highest BCUT2D eigenvalue weighted by atomic mass is 127. The Morgan fingerprint density at radius 3 is 2.40 bits per heavy atom. The lowest BCUT2D eigenvalue weighted by Gasteiger charge is -2.12. The molecule has 0 aliphatic heterocycles. The van der Waals surface area contributed by atoms with E-state index in [0.29, 0.717) is 30.1 Å². The van der Waals surface area contributed by atoms with Crippen LogP contribution in [0.15, 0.2) is 53.5 Å². The molecule has 2 aromatic carbocycles. The van der Waals surface area contributed by atoms with E-state index in [1.165, 1.54) is 12.1 Å². The predicted molar refractivity (Wildman–Crippen MR) is 107 cm³/mol. The molecule has 0 heterocycles. The highest BCUT2D eigenvalue weighted by Gasteiger charge is 2.12.